The average molecular weight is 473 g/mol. The monoisotopic (exact) mass is 472 g/mol. The summed E-state index contributed by atoms with van der Waals surface area (Å²) in [4.78, 5) is 40.3. The fourth-order valence-corrected chi connectivity index (χ4v) is 2.74. The molecule has 0 spiro atoms. The van der Waals surface area contributed by atoms with Crippen molar-refractivity contribution in [2.45, 2.75) is 71.3 Å². The normalized spacial score (nSPS) is 13.5. The van der Waals surface area contributed by atoms with E-state index in [0.29, 0.717) is 6.42 Å². The van der Waals surface area contributed by atoms with Gasteiger partial charge < -0.3 is 19.3 Å². The smallest absolute Gasteiger partial charge is 0.462 e. The lowest BCUT2D eigenvalue weighted by Crippen LogP contribution is -2.29. The number of carbonyl (C=O) groups is 2. The van der Waals surface area contributed by atoms with Gasteiger partial charge in [-0.3, -0.25) is 14.1 Å². The Morgan fingerprint density at radius 3 is 1.97 bits per heavy atom. The van der Waals surface area contributed by atoms with Crippen LogP contribution in [0.3, 0.4) is 0 Å². The van der Waals surface area contributed by atoms with Gasteiger partial charge in [-0.15, -0.1) is 0 Å². The van der Waals surface area contributed by atoms with E-state index in [1.807, 2.05) is 0 Å². The minimum Gasteiger partial charge on any atom is -0.462 e. The molecule has 0 fully saturated rings. The molecular formula is C23H37O8P. The molecule has 0 radical (unpaired) electrons. The number of unbranched alkanes of at least 4 members (excludes halogenated alkanes) is 2. The van der Waals surface area contributed by atoms with Gasteiger partial charge in [-0.05, 0) is 44.9 Å². The minimum absolute atomic E-state index is 0.153. The highest BCUT2D eigenvalue weighted by atomic mass is 31.2. The van der Waals surface area contributed by atoms with Crippen LogP contribution in [0.4, 0.5) is 0 Å². The lowest BCUT2D eigenvalue weighted by atomic mass is 10.2. The number of carbonyl (C=O) groups excluding carboxylic acids is 2. The summed E-state index contributed by atoms with van der Waals surface area (Å²) in [6.45, 7) is 2.40. The van der Waals surface area contributed by atoms with Gasteiger partial charge in [0.15, 0.2) is 6.10 Å². The number of phosphoric acid groups is 1. The second kappa shape index (κ2) is 19.7. The van der Waals surface area contributed by atoms with Crippen molar-refractivity contribution >= 4 is 19.8 Å². The summed E-state index contributed by atoms with van der Waals surface area (Å²) in [7, 11) is -4.71. The van der Waals surface area contributed by atoms with Crippen LogP contribution < -0.4 is 0 Å². The van der Waals surface area contributed by atoms with Crippen molar-refractivity contribution in [1.29, 1.82) is 0 Å². The van der Waals surface area contributed by atoms with Crippen molar-refractivity contribution in [2.24, 2.45) is 0 Å². The molecule has 0 rings (SSSR count). The van der Waals surface area contributed by atoms with E-state index in [2.05, 4.69) is 60.1 Å². The topological polar surface area (TPSA) is 119 Å². The van der Waals surface area contributed by atoms with Gasteiger partial charge in [0.05, 0.1) is 6.61 Å². The standard InChI is InChI=1S/C23H37O8P/c1-3-4-5-6-7-8-9-10-11-12-13-14-15-16-17-18-23(25)31-22(19-29-21(2)24)20-30-32(26,27)28/h4-5,7-8,10-11,13-14,22H,3,6,9,12,15-20H2,1-2H3,(H2,26,27,28)/b5-4-,8-7-,11-10-,14-13-. The Balaban J connectivity index is 3.96. The predicted molar refractivity (Wildman–Crippen MR) is 124 cm³/mol. The molecule has 0 heterocycles. The second-order valence-corrected chi connectivity index (χ2v) is 8.19. The SMILES string of the molecule is CC/C=C\C/C=C\C/C=C\C/C=C\CCCCC(=O)OC(COC(C)=O)COP(=O)(O)O. The molecule has 0 aromatic rings. The van der Waals surface area contributed by atoms with Gasteiger partial charge in [-0.25, -0.2) is 4.57 Å². The molecule has 0 saturated heterocycles. The highest BCUT2D eigenvalue weighted by Gasteiger charge is 2.22. The summed E-state index contributed by atoms with van der Waals surface area (Å²) >= 11 is 0. The molecule has 0 aliphatic carbocycles. The first-order valence-electron chi connectivity index (χ1n) is 10.9. The van der Waals surface area contributed by atoms with Gasteiger partial charge in [0, 0.05) is 13.3 Å². The van der Waals surface area contributed by atoms with Gasteiger partial charge in [0.1, 0.15) is 6.61 Å². The van der Waals surface area contributed by atoms with E-state index >= 15 is 0 Å². The highest BCUT2D eigenvalue weighted by molar-refractivity contribution is 7.46. The van der Waals surface area contributed by atoms with Crippen LogP contribution in [-0.2, 0) is 28.2 Å². The average Bonchev–Trinajstić information content (AvgIpc) is 2.72. The maximum absolute atomic E-state index is 11.9. The van der Waals surface area contributed by atoms with Crippen LogP contribution in [0.2, 0.25) is 0 Å². The van der Waals surface area contributed by atoms with Gasteiger partial charge in [-0.2, -0.15) is 0 Å². The van der Waals surface area contributed by atoms with Crippen molar-refractivity contribution in [3.8, 4) is 0 Å². The molecule has 0 saturated carbocycles. The zero-order valence-corrected chi connectivity index (χ0v) is 20.0. The lowest BCUT2D eigenvalue weighted by molar-refractivity contribution is -0.160. The molecule has 9 heteroatoms. The third-order valence-electron chi connectivity index (χ3n) is 3.92. The minimum atomic E-state index is -4.71. The number of phosphoric ester groups is 1. The first kappa shape index (κ1) is 30.0. The zero-order chi connectivity index (χ0) is 24.1. The third kappa shape index (κ3) is 22.7. The van der Waals surface area contributed by atoms with Crippen LogP contribution in [0.1, 0.15) is 65.2 Å². The molecule has 1 atom stereocenters. The van der Waals surface area contributed by atoms with Crippen LogP contribution in [-0.4, -0.2) is 41.0 Å². The van der Waals surface area contributed by atoms with Gasteiger partial charge >= 0.3 is 19.8 Å². The fraction of sp³-hybridized carbons (Fsp3) is 0.565. The summed E-state index contributed by atoms with van der Waals surface area (Å²) < 4.78 is 25.0. The molecular weight excluding hydrogens is 435 g/mol. The summed E-state index contributed by atoms with van der Waals surface area (Å²) in [5.41, 5.74) is 0. The van der Waals surface area contributed by atoms with Gasteiger partial charge in [-0.1, -0.05) is 55.5 Å². The second-order valence-electron chi connectivity index (χ2n) is 6.95. The quantitative estimate of drug-likeness (QED) is 0.125. The third-order valence-corrected chi connectivity index (χ3v) is 4.41. The lowest BCUT2D eigenvalue weighted by Gasteiger charge is -2.18. The maximum atomic E-state index is 11.9. The van der Waals surface area contributed by atoms with Crippen LogP contribution in [0.5, 0.6) is 0 Å². The molecule has 8 nitrogen and oxygen atoms in total. The van der Waals surface area contributed by atoms with E-state index in [1.54, 1.807) is 0 Å². The summed E-state index contributed by atoms with van der Waals surface area (Å²) in [5.74, 6) is -1.14. The summed E-state index contributed by atoms with van der Waals surface area (Å²) in [5, 5.41) is 0. The largest absolute Gasteiger partial charge is 0.469 e. The van der Waals surface area contributed by atoms with E-state index < -0.39 is 32.5 Å². The van der Waals surface area contributed by atoms with Crippen molar-refractivity contribution in [3.63, 3.8) is 0 Å². The fourth-order valence-electron chi connectivity index (χ4n) is 2.38. The number of allylic oxidation sites excluding steroid dienone is 8. The zero-order valence-electron chi connectivity index (χ0n) is 19.1. The number of hydrogen-bond donors (Lipinski definition) is 2. The Bertz CT molecular complexity index is 675. The maximum Gasteiger partial charge on any atom is 0.469 e. The Morgan fingerprint density at radius 2 is 1.44 bits per heavy atom. The van der Waals surface area contributed by atoms with Crippen LogP contribution in [0.25, 0.3) is 0 Å². The molecule has 2 N–H and O–H groups in total. The number of hydrogen-bond acceptors (Lipinski definition) is 6. The molecule has 0 amide bonds. The van der Waals surface area contributed by atoms with Crippen molar-refractivity contribution in [1.82, 2.24) is 0 Å². The molecule has 0 aliphatic heterocycles. The van der Waals surface area contributed by atoms with Crippen molar-refractivity contribution < 1.29 is 37.9 Å². The molecule has 1 unspecified atom stereocenters. The van der Waals surface area contributed by atoms with E-state index in [1.165, 1.54) is 6.92 Å². The van der Waals surface area contributed by atoms with Crippen molar-refractivity contribution in [2.75, 3.05) is 13.2 Å². The van der Waals surface area contributed by atoms with Crippen molar-refractivity contribution in [3.05, 3.63) is 48.6 Å². The van der Waals surface area contributed by atoms with Gasteiger partial charge in [0.2, 0.25) is 0 Å². The van der Waals surface area contributed by atoms with Crippen LogP contribution >= 0.6 is 7.82 Å². The van der Waals surface area contributed by atoms with Gasteiger partial charge in [0.25, 0.3) is 0 Å². The van der Waals surface area contributed by atoms with E-state index in [4.69, 9.17) is 19.3 Å². The van der Waals surface area contributed by atoms with Crippen LogP contribution in [0, 0.1) is 0 Å². The number of esters is 2. The molecule has 0 aromatic heterocycles. The molecule has 0 bridgehead atoms. The van der Waals surface area contributed by atoms with E-state index in [9.17, 15) is 14.2 Å². The Kier molecular flexibility index (Phi) is 18.5. The van der Waals surface area contributed by atoms with Crippen LogP contribution in [0.15, 0.2) is 48.6 Å². The first-order valence-corrected chi connectivity index (χ1v) is 12.4. The number of rotatable bonds is 18. The predicted octanol–water partition coefficient (Wildman–Crippen LogP) is 4.94. The molecule has 0 aliphatic rings. The Hall–Kier alpha value is -1.99. The molecule has 32 heavy (non-hydrogen) atoms. The Labute approximate surface area is 191 Å². The summed E-state index contributed by atoms with van der Waals surface area (Å²) in [6, 6.07) is 0. The Morgan fingerprint density at radius 1 is 0.875 bits per heavy atom. The number of ether oxygens (including phenoxy) is 2. The molecule has 0 aromatic carbocycles. The first-order chi connectivity index (χ1) is 15.2. The van der Waals surface area contributed by atoms with E-state index in [0.717, 1.165) is 38.5 Å². The summed E-state index contributed by atoms with van der Waals surface area (Å²) in [6.07, 6.45) is 22.2. The molecule has 182 valence electrons. The van der Waals surface area contributed by atoms with E-state index in [-0.39, 0.29) is 13.0 Å². The highest BCUT2D eigenvalue weighted by Crippen LogP contribution is 2.35.